The van der Waals surface area contributed by atoms with Crippen LogP contribution >= 0.6 is 11.8 Å². The minimum Gasteiger partial charge on any atom is -0.497 e. The molecule has 0 aromatic heterocycles. The quantitative estimate of drug-likeness (QED) is 0.858. The average Bonchev–Trinajstić information content (AvgIpc) is 2.91. The second-order valence-corrected chi connectivity index (χ2v) is 6.23. The van der Waals surface area contributed by atoms with E-state index in [1.165, 1.54) is 11.8 Å². The highest BCUT2D eigenvalue weighted by atomic mass is 32.2. The number of ether oxygens (including phenoxy) is 1. The zero-order valence-corrected chi connectivity index (χ0v) is 12.8. The van der Waals surface area contributed by atoms with Gasteiger partial charge in [0.05, 0.1) is 7.11 Å². The molecule has 2 amide bonds. The normalized spacial score (nSPS) is 17.9. The van der Waals surface area contributed by atoms with Crippen molar-refractivity contribution in [2.45, 2.75) is 12.8 Å². The lowest BCUT2D eigenvalue weighted by atomic mass is 10.0. The van der Waals surface area contributed by atoms with Crippen molar-refractivity contribution in [1.82, 2.24) is 4.90 Å². The van der Waals surface area contributed by atoms with Gasteiger partial charge in [0.1, 0.15) is 12.3 Å². The summed E-state index contributed by atoms with van der Waals surface area (Å²) >= 11 is 1.28. The first-order chi connectivity index (χ1) is 10.2. The predicted octanol–water partition coefficient (Wildman–Crippen LogP) is 2.14. The molecule has 2 heterocycles. The highest BCUT2D eigenvalue weighted by Gasteiger charge is 2.28. The number of hydrogen-bond donors (Lipinski definition) is 0. The number of thioether (sulfide) groups is 1. The Balaban J connectivity index is 1.77. The SMILES string of the molecule is COc1ccc2c(c1)CCCN2C(=O)CN1CCSC1=O. The number of fused-ring (bicyclic) bond motifs is 1. The minimum atomic E-state index is -0.00281. The maximum Gasteiger partial charge on any atom is 0.282 e. The number of methoxy groups -OCH3 is 1. The van der Waals surface area contributed by atoms with Gasteiger partial charge in [0.15, 0.2) is 0 Å². The molecule has 112 valence electrons. The summed E-state index contributed by atoms with van der Waals surface area (Å²) in [5.74, 6) is 1.59. The number of amides is 2. The fourth-order valence-electron chi connectivity index (χ4n) is 2.78. The highest BCUT2D eigenvalue weighted by Crippen LogP contribution is 2.31. The maximum atomic E-state index is 12.5. The van der Waals surface area contributed by atoms with Crippen LogP contribution in [0, 0.1) is 0 Å². The van der Waals surface area contributed by atoms with Crippen LogP contribution in [0.5, 0.6) is 5.75 Å². The fraction of sp³-hybridized carbons (Fsp3) is 0.467. The van der Waals surface area contributed by atoms with Crippen molar-refractivity contribution in [1.29, 1.82) is 0 Å². The maximum absolute atomic E-state index is 12.5. The third-order valence-corrected chi connectivity index (χ3v) is 4.77. The number of carbonyl (C=O) groups is 2. The summed E-state index contributed by atoms with van der Waals surface area (Å²) in [4.78, 5) is 27.6. The van der Waals surface area contributed by atoms with E-state index in [0.29, 0.717) is 13.1 Å². The first-order valence-electron chi connectivity index (χ1n) is 7.08. The lowest BCUT2D eigenvalue weighted by Gasteiger charge is -2.31. The zero-order chi connectivity index (χ0) is 14.8. The summed E-state index contributed by atoms with van der Waals surface area (Å²) in [6, 6.07) is 5.80. The van der Waals surface area contributed by atoms with Gasteiger partial charge in [-0.3, -0.25) is 9.59 Å². The van der Waals surface area contributed by atoms with Crippen molar-refractivity contribution in [3.05, 3.63) is 23.8 Å². The number of anilines is 1. The summed E-state index contributed by atoms with van der Waals surface area (Å²) in [7, 11) is 1.64. The Bertz CT molecular complexity index is 576. The van der Waals surface area contributed by atoms with Crippen LogP contribution in [0.2, 0.25) is 0 Å². The fourth-order valence-corrected chi connectivity index (χ4v) is 3.60. The molecule has 0 saturated carbocycles. The van der Waals surface area contributed by atoms with Crippen LogP contribution in [-0.2, 0) is 11.2 Å². The van der Waals surface area contributed by atoms with Crippen LogP contribution in [0.15, 0.2) is 18.2 Å². The number of hydrogen-bond acceptors (Lipinski definition) is 4. The molecule has 0 spiro atoms. The van der Waals surface area contributed by atoms with E-state index in [9.17, 15) is 9.59 Å². The van der Waals surface area contributed by atoms with Gasteiger partial charge in [-0.15, -0.1) is 0 Å². The summed E-state index contributed by atoms with van der Waals surface area (Å²) in [5.41, 5.74) is 2.09. The molecule has 1 aromatic rings. The highest BCUT2D eigenvalue weighted by molar-refractivity contribution is 8.13. The molecule has 0 bridgehead atoms. The van der Waals surface area contributed by atoms with Crippen molar-refractivity contribution in [3.8, 4) is 5.75 Å². The summed E-state index contributed by atoms with van der Waals surface area (Å²) in [5, 5.41) is 0.00955. The lowest BCUT2D eigenvalue weighted by molar-refractivity contribution is -0.119. The van der Waals surface area contributed by atoms with Crippen LogP contribution in [0.3, 0.4) is 0 Å². The first-order valence-corrected chi connectivity index (χ1v) is 8.06. The van der Waals surface area contributed by atoms with Crippen LogP contribution in [0.1, 0.15) is 12.0 Å². The molecule has 21 heavy (non-hydrogen) atoms. The van der Waals surface area contributed by atoms with Gasteiger partial charge in [0, 0.05) is 24.5 Å². The summed E-state index contributed by atoms with van der Waals surface area (Å²) in [6.45, 7) is 1.56. The zero-order valence-electron chi connectivity index (χ0n) is 12.0. The third-order valence-electron chi connectivity index (χ3n) is 3.88. The van der Waals surface area contributed by atoms with Gasteiger partial charge in [-0.05, 0) is 36.6 Å². The van der Waals surface area contributed by atoms with E-state index in [4.69, 9.17) is 4.74 Å². The molecule has 5 nitrogen and oxygen atoms in total. The van der Waals surface area contributed by atoms with E-state index in [-0.39, 0.29) is 17.7 Å². The Labute approximate surface area is 128 Å². The van der Waals surface area contributed by atoms with Gasteiger partial charge in [-0.25, -0.2) is 0 Å². The largest absolute Gasteiger partial charge is 0.497 e. The van der Waals surface area contributed by atoms with Crippen LogP contribution in [-0.4, -0.2) is 48.5 Å². The number of rotatable bonds is 3. The van der Waals surface area contributed by atoms with E-state index in [0.717, 1.165) is 35.6 Å². The molecule has 0 N–H and O–H groups in total. The Morgan fingerprint density at radius 1 is 1.38 bits per heavy atom. The van der Waals surface area contributed by atoms with Crippen LogP contribution in [0.25, 0.3) is 0 Å². The average molecular weight is 306 g/mol. The molecule has 0 aliphatic carbocycles. The van der Waals surface area contributed by atoms with Gasteiger partial charge >= 0.3 is 0 Å². The molecule has 0 unspecified atom stereocenters. The number of carbonyl (C=O) groups excluding carboxylic acids is 2. The Kier molecular flexibility index (Phi) is 4.05. The van der Waals surface area contributed by atoms with Crippen molar-refractivity contribution in [2.24, 2.45) is 0 Å². The Hall–Kier alpha value is -1.69. The number of nitrogens with zero attached hydrogens (tertiary/aromatic N) is 2. The molecule has 0 atom stereocenters. The molecule has 6 heteroatoms. The van der Waals surface area contributed by atoms with Gasteiger partial charge in [0.2, 0.25) is 5.91 Å². The minimum absolute atomic E-state index is 0.00281. The van der Waals surface area contributed by atoms with Gasteiger partial charge < -0.3 is 14.5 Å². The standard InChI is InChI=1S/C15H18N2O3S/c1-20-12-4-5-13-11(9-12)3-2-6-17(13)14(18)10-16-7-8-21-15(16)19/h4-5,9H,2-3,6-8,10H2,1H3. The molecule has 2 aliphatic rings. The molecule has 1 fully saturated rings. The van der Waals surface area contributed by atoms with Crippen LogP contribution < -0.4 is 9.64 Å². The van der Waals surface area contributed by atoms with Crippen molar-refractivity contribution >= 4 is 28.6 Å². The predicted molar refractivity (Wildman–Crippen MR) is 83.1 cm³/mol. The van der Waals surface area contributed by atoms with Gasteiger partial charge in [-0.1, -0.05) is 11.8 Å². The molecule has 0 radical (unpaired) electrons. The van der Waals surface area contributed by atoms with E-state index >= 15 is 0 Å². The number of aryl methyl sites for hydroxylation is 1. The molecule has 1 saturated heterocycles. The van der Waals surface area contributed by atoms with Crippen LogP contribution in [0.4, 0.5) is 10.5 Å². The monoisotopic (exact) mass is 306 g/mol. The summed E-state index contributed by atoms with van der Waals surface area (Å²) < 4.78 is 5.24. The number of benzene rings is 1. The van der Waals surface area contributed by atoms with Gasteiger partial charge in [-0.2, -0.15) is 0 Å². The Morgan fingerprint density at radius 2 is 2.24 bits per heavy atom. The van der Waals surface area contributed by atoms with E-state index in [1.54, 1.807) is 16.9 Å². The molecule has 1 aromatic carbocycles. The second kappa shape index (κ2) is 5.97. The third kappa shape index (κ3) is 2.85. The second-order valence-electron chi connectivity index (χ2n) is 5.18. The van der Waals surface area contributed by atoms with E-state index in [2.05, 4.69) is 0 Å². The van der Waals surface area contributed by atoms with E-state index in [1.807, 2.05) is 18.2 Å². The Morgan fingerprint density at radius 3 is 2.95 bits per heavy atom. The van der Waals surface area contributed by atoms with Gasteiger partial charge in [0.25, 0.3) is 5.24 Å². The van der Waals surface area contributed by atoms with Crippen molar-refractivity contribution < 1.29 is 14.3 Å². The topological polar surface area (TPSA) is 49.9 Å². The molecular formula is C15H18N2O3S. The molecule has 2 aliphatic heterocycles. The van der Waals surface area contributed by atoms with Crippen molar-refractivity contribution in [2.75, 3.05) is 37.4 Å². The lowest BCUT2D eigenvalue weighted by Crippen LogP contribution is -2.42. The smallest absolute Gasteiger partial charge is 0.282 e. The van der Waals surface area contributed by atoms with Crippen molar-refractivity contribution in [3.63, 3.8) is 0 Å². The molecule has 3 rings (SSSR count). The first kappa shape index (κ1) is 14.3. The van der Waals surface area contributed by atoms with E-state index < -0.39 is 0 Å². The summed E-state index contributed by atoms with van der Waals surface area (Å²) in [6.07, 6.45) is 1.89. The molecular weight excluding hydrogens is 288 g/mol.